The number of benzene rings is 1. The van der Waals surface area contributed by atoms with Crippen LogP contribution in [0, 0.1) is 11.8 Å². The minimum Gasteiger partial charge on any atom is -0.497 e. The number of nitrogens with zero attached hydrogens (tertiary/aromatic N) is 1. The molecule has 0 amide bonds. The van der Waals surface area contributed by atoms with Gasteiger partial charge in [0.2, 0.25) is 0 Å². The van der Waals surface area contributed by atoms with Gasteiger partial charge in [-0.2, -0.15) is 0 Å². The van der Waals surface area contributed by atoms with Crippen LogP contribution in [-0.4, -0.2) is 44.2 Å². The maximum Gasteiger partial charge on any atom is 0.119 e. The van der Waals surface area contributed by atoms with Crippen molar-refractivity contribution in [1.82, 2.24) is 10.2 Å². The van der Waals surface area contributed by atoms with E-state index in [9.17, 15) is 0 Å². The van der Waals surface area contributed by atoms with Gasteiger partial charge in [-0.05, 0) is 107 Å². The monoisotopic (exact) mass is 436 g/mol. The summed E-state index contributed by atoms with van der Waals surface area (Å²) in [6, 6.07) is 7.13. The van der Waals surface area contributed by atoms with Crippen LogP contribution in [0.2, 0.25) is 0 Å². The van der Waals surface area contributed by atoms with E-state index in [1.807, 2.05) is 6.07 Å². The molecule has 152 valence electrons. The van der Waals surface area contributed by atoms with E-state index in [1.54, 1.807) is 7.11 Å². The number of methoxy groups -OCH3 is 1. The Kier molecular flexibility index (Phi) is 8.47. The van der Waals surface area contributed by atoms with Crippen LogP contribution in [-0.2, 0) is 6.42 Å². The number of hydrogen-bond acceptors (Lipinski definition) is 3. The summed E-state index contributed by atoms with van der Waals surface area (Å²) in [5.41, 5.74) is 1.39. The predicted octanol–water partition coefficient (Wildman–Crippen LogP) is 5.27. The van der Waals surface area contributed by atoms with E-state index in [-0.39, 0.29) is 0 Å². The first-order valence-corrected chi connectivity index (χ1v) is 11.7. The van der Waals surface area contributed by atoms with Crippen molar-refractivity contribution in [2.45, 2.75) is 64.3 Å². The smallest absolute Gasteiger partial charge is 0.119 e. The quantitative estimate of drug-likeness (QED) is 0.570. The Morgan fingerprint density at radius 3 is 2.70 bits per heavy atom. The molecule has 4 heteroatoms. The molecule has 0 spiro atoms. The fraction of sp³-hybridized carbons (Fsp3) is 0.739. The first kappa shape index (κ1) is 21.1. The van der Waals surface area contributed by atoms with Crippen LogP contribution in [0.3, 0.4) is 0 Å². The zero-order valence-electron chi connectivity index (χ0n) is 17.2. The fourth-order valence-corrected chi connectivity index (χ4v) is 5.38. The second-order valence-corrected chi connectivity index (χ2v) is 9.39. The van der Waals surface area contributed by atoms with Crippen molar-refractivity contribution in [3.8, 4) is 5.75 Å². The zero-order valence-corrected chi connectivity index (χ0v) is 18.8. The molecule has 1 saturated carbocycles. The minimum atomic E-state index is 0.781. The molecule has 0 radical (unpaired) electrons. The molecular weight excluding hydrogens is 400 g/mol. The molecule has 1 atom stereocenters. The molecule has 3 rings (SSSR count). The van der Waals surface area contributed by atoms with Gasteiger partial charge in [0.25, 0.3) is 0 Å². The lowest BCUT2D eigenvalue weighted by Gasteiger charge is -2.29. The van der Waals surface area contributed by atoms with Crippen LogP contribution in [0.1, 0.15) is 57.4 Å². The van der Waals surface area contributed by atoms with Crippen LogP contribution in [0.4, 0.5) is 0 Å². The van der Waals surface area contributed by atoms with Gasteiger partial charge in [0.15, 0.2) is 0 Å². The van der Waals surface area contributed by atoms with Crippen molar-refractivity contribution in [2.75, 3.05) is 33.3 Å². The molecule has 1 heterocycles. The Hall–Kier alpha value is -0.580. The van der Waals surface area contributed by atoms with Crippen molar-refractivity contribution in [2.24, 2.45) is 11.8 Å². The highest BCUT2D eigenvalue weighted by molar-refractivity contribution is 9.10. The first-order valence-electron chi connectivity index (χ1n) is 11.0. The molecule has 1 aromatic carbocycles. The van der Waals surface area contributed by atoms with Gasteiger partial charge >= 0.3 is 0 Å². The van der Waals surface area contributed by atoms with Crippen LogP contribution in [0.25, 0.3) is 0 Å². The van der Waals surface area contributed by atoms with E-state index >= 15 is 0 Å². The Morgan fingerprint density at radius 2 is 1.96 bits per heavy atom. The van der Waals surface area contributed by atoms with Crippen molar-refractivity contribution in [1.29, 1.82) is 0 Å². The Bertz CT molecular complexity index is 571. The van der Waals surface area contributed by atoms with Crippen molar-refractivity contribution in [3.05, 3.63) is 28.2 Å². The predicted molar refractivity (Wildman–Crippen MR) is 118 cm³/mol. The van der Waals surface area contributed by atoms with E-state index < -0.39 is 0 Å². The summed E-state index contributed by atoms with van der Waals surface area (Å²) in [6.45, 7) is 7.18. The highest BCUT2D eigenvalue weighted by Gasteiger charge is 2.24. The summed E-state index contributed by atoms with van der Waals surface area (Å²) in [7, 11) is 1.75. The van der Waals surface area contributed by atoms with E-state index in [0.29, 0.717) is 0 Å². The molecule has 1 unspecified atom stereocenters. The third-order valence-corrected chi connectivity index (χ3v) is 7.33. The zero-order chi connectivity index (χ0) is 19.1. The number of ether oxygens (including phenoxy) is 1. The highest BCUT2D eigenvalue weighted by atomic mass is 79.9. The molecule has 1 N–H and O–H groups in total. The maximum atomic E-state index is 5.39. The summed E-state index contributed by atoms with van der Waals surface area (Å²) in [6.07, 6.45) is 10.9. The molecule has 2 fully saturated rings. The molecule has 1 aromatic rings. The lowest BCUT2D eigenvalue weighted by atomic mass is 9.83. The third-order valence-electron chi connectivity index (χ3n) is 6.56. The van der Waals surface area contributed by atoms with E-state index in [4.69, 9.17) is 4.74 Å². The summed E-state index contributed by atoms with van der Waals surface area (Å²) in [5.74, 6) is 2.72. The molecule has 3 nitrogen and oxygen atoms in total. The molecule has 27 heavy (non-hydrogen) atoms. The second kappa shape index (κ2) is 10.8. The summed E-state index contributed by atoms with van der Waals surface area (Å²) in [4.78, 5) is 2.70. The van der Waals surface area contributed by atoms with Gasteiger partial charge in [0.05, 0.1) is 7.11 Å². The minimum absolute atomic E-state index is 0.781. The summed E-state index contributed by atoms with van der Waals surface area (Å²) in [5, 5.41) is 3.62. The molecule has 2 aliphatic rings. The van der Waals surface area contributed by atoms with Crippen LogP contribution in [0.15, 0.2) is 22.7 Å². The van der Waals surface area contributed by atoms with E-state index in [1.165, 1.54) is 74.6 Å². The van der Waals surface area contributed by atoms with Gasteiger partial charge < -0.3 is 15.0 Å². The number of rotatable bonds is 9. The molecule has 0 aromatic heterocycles. The standard InChI is InChI=1S/C23H37BrN2O/c1-3-25-21-8-6-18(7-9-21)5-4-13-26-14-12-19(17-26)15-20-16-22(27-2)10-11-23(20)24/h10-11,16,18-19,21,25H,3-9,12-15,17H2,1-2H3/t18-,19?,21-. The molecule has 1 saturated heterocycles. The average Bonchev–Trinajstić information content (AvgIpc) is 3.12. The van der Waals surface area contributed by atoms with Crippen molar-refractivity contribution in [3.63, 3.8) is 0 Å². The van der Waals surface area contributed by atoms with Crippen molar-refractivity contribution >= 4 is 15.9 Å². The van der Waals surface area contributed by atoms with E-state index in [0.717, 1.165) is 36.6 Å². The summed E-state index contributed by atoms with van der Waals surface area (Å²) >= 11 is 3.71. The van der Waals surface area contributed by atoms with Gasteiger partial charge in [-0.1, -0.05) is 22.9 Å². The maximum absolute atomic E-state index is 5.39. The van der Waals surface area contributed by atoms with E-state index in [2.05, 4.69) is 45.2 Å². The van der Waals surface area contributed by atoms with Crippen LogP contribution in [0.5, 0.6) is 5.75 Å². The first-order chi connectivity index (χ1) is 13.2. The SMILES string of the molecule is CCN[C@H]1CC[C@H](CCCN2CCC(Cc3cc(OC)ccc3Br)C2)CC1. The van der Waals surface area contributed by atoms with Crippen molar-refractivity contribution < 1.29 is 4.74 Å². The summed E-state index contributed by atoms with van der Waals surface area (Å²) < 4.78 is 6.61. The third kappa shape index (κ3) is 6.47. The lowest BCUT2D eigenvalue weighted by Crippen LogP contribution is -2.33. The number of halogens is 1. The number of nitrogens with one attached hydrogen (secondary N) is 1. The largest absolute Gasteiger partial charge is 0.497 e. The Labute approximate surface area is 174 Å². The second-order valence-electron chi connectivity index (χ2n) is 8.53. The molecule has 1 aliphatic carbocycles. The van der Waals surface area contributed by atoms with Gasteiger partial charge in [-0.15, -0.1) is 0 Å². The van der Waals surface area contributed by atoms with Gasteiger partial charge in [0.1, 0.15) is 5.75 Å². The van der Waals surface area contributed by atoms with Gasteiger partial charge in [0, 0.05) is 17.1 Å². The van der Waals surface area contributed by atoms with Gasteiger partial charge in [-0.3, -0.25) is 0 Å². The highest BCUT2D eigenvalue weighted by Crippen LogP contribution is 2.30. The average molecular weight is 437 g/mol. The van der Waals surface area contributed by atoms with Crippen LogP contribution >= 0.6 is 15.9 Å². The molecule has 0 bridgehead atoms. The van der Waals surface area contributed by atoms with Gasteiger partial charge in [-0.25, -0.2) is 0 Å². The van der Waals surface area contributed by atoms with Crippen LogP contribution < -0.4 is 10.1 Å². The Morgan fingerprint density at radius 1 is 1.15 bits per heavy atom. The Balaban J connectivity index is 1.34. The molecular formula is C23H37BrN2O. The number of likely N-dealkylation sites (tertiary alicyclic amines) is 1. The number of hydrogen-bond donors (Lipinski definition) is 1. The topological polar surface area (TPSA) is 24.5 Å². The fourth-order valence-electron chi connectivity index (χ4n) is 4.98. The molecule has 1 aliphatic heterocycles. The lowest BCUT2D eigenvalue weighted by molar-refractivity contribution is 0.256. The normalized spacial score (nSPS) is 26.4.